The van der Waals surface area contributed by atoms with Gasteiger partial charge in [-0.3, -0.25) is 19.2 Å². The Hall–Kier alpha value is -4.47. The van der Waals surface area contributed by atoms with Crippen LogP contribution in [0.4, 0.5) is 0 Å². The van der Waals surface area contributed by atoms with E-state index in [1.807, 2.05) is 0 Å². The van der Waals surface area contributed by atoms with Gasteiger partial charge in [0.05, 0.1) is 83.3 Å². The molecule has 8 rings (SSSR count). The molecule has 16 unspecified atom stereocenters. The number of aliphatic hydroxyl groups is 23. The van der Waals surface area contributed by atoms with Gasteiger partial charge in [0.25, 0.3) is 5.79 Å². The van der Waals surface area contributed by atoms with Crippen molar-refractivity contribution in [1.29, 1.82) is 0 Å². The Morgan fingerprint density at radius 3 is 1.23 bits per heavy atom. The van der Waals surface area contributed by atoms with Crippen LogP contribution in [-0.2, 0) is 99.8 Å². The lowest BCUT2D eigenvalue weighted by molar-refractivity contribution is -0.406. The summed E-state index contributed by atoms with van der Waals surface area (Å²) in [5.74, 6) is -8.75. The fraction of sp³-hybridized carbons (Fsp3) is 0.928. The van der Waals surface area contributed by atoms with Crippen molar-refractivity contribution in [3.05, 3.63) is 12.2 Å². The molecule has 8 saturated heterocycles. The molecule has 0 aromatic rings. The third-order valence-electron chi connectivity index (χ3n) is 28.3. The summed E-state index contributed by atoms with van der Waals surface area (Å²) in [6.07, 6.45) is -44.7. The number of ether oxygens (including phenoxy) is 16. The van der Waals surface area contributed by atoms with Crippen LogP contribution in [0.1, 0.15) is 253 Å². The van der Waals surface area contributed by atoms with Crippen LogP contribution in [-0.4, -0.2) is 468 Å². The molecule has 0 aliphatic carbocycles. The van der Waals surface area contributed by atoms with E-state index in [1.54, 1.807) is 6.08 Å². The van der Waals surface area contributed by atoms with Crippen molar-refractivity contribution in [1.82, 2.24) is 21.3 Å². The van der Waals surface area contributed by atoms with Gasteiger partial charge in [-0.15, -0.1) is 0 Å². The number of amides is 4. The highest BCUT2D eigenvalue weighted by Crippen LogP contribution is 2.43. The van der Waals surface area contributed by atoms with Crippen molar-refractivity contribution in [3.8, 4) is 0 Å². The molecule has 850 valence electrons. The van der Waals surface area contributed by atoms with Crippen molar-refractivity contribution in [2.24, 2.45) is 0 Å². The fourth-order valence-corrected chi connectivity index (χ4v) is 19.8. The molecule has 146 heavy (non-hydrogen) atoms. The Kier molecular flexibility index (Phi) is 56.2. The highest BCUT2D eigenvalue weighted by Gasteiger charge is 2.64. The second kappa shape index (κ2) is 64.8. The molecule has 0 aromatic carbocycles. The van der Waals surface area contributed by atoms with Crippen LogP contribution in [0.2, 0.25) is 0 Å². The van der Waals surface area contributed by atoms with Crippen molar-refractivity contribution in [2.45, 2.75) is 517 Å². The maximum Gasteiger partial charge on any atom is 0.364 e. The minimum Gasteiger partial charge on any atom is -0.477 e. The number of carbonyl (C=O) groups is 5. The molecule has 43 atom stereocenters. The van der Waals surface area contributed by atoms with E-state index >= 15 is 0 Å². The SMILES string of the molecule is CCCCCCCCCCCCC/C=C/[C@@H](O)[C@H](CO[C@@H]1OC(CO)[C@@H](O[C@@H]2OC(CO)[C@H](O[C@@H]3OC(CO)[C@H](O)[C@H](O)C3NC(C)=O)[C@H](O[C@H]3OC(CO)[C@H](O)[C@H](O[C@@H]4OC(CO)[C@@H](O[C@@H]5OC(CO)[C@H](O)[C@H](O[C@]6(C(=O)O)CC(O)[C@@H](NC(C)=O)C([C@H](O)[C@H](O)CO)O6)C5O)[C@H](O[C@H]5OC(C)[C@@H](O)C(O)[C@@H]5O)C4NC(C)=O)C3O)C2O)[C@H](O)C1O)NC(=O)CCCCCCCCCCCCCCCCCCCCC. The number of aliphatic carboxylic acids is 1. The maximum absolute atomic E-state index is 13.8. The zero-order chi connectivity index (χ0) is 107. The molecular formula is C97H172N4O45. The van der Waals surface area contributed by atoms with Crippen molar-refractivity contribution in [2.75, 3.05) is 52.9 Å². The number of unbranched alkanes of at least 4 members (excludes halogenated alkanes) is 29. The lowest BCUT2D eigenvalue weighted by Crippen LogP contribution is -2.72. The molecule has 8 heterocycles. The van der Waals surface area contributed by atoms with E-state index in [0.717, 1.165) is 85.0 Å². The van der Waals surface area contributed by atoms with Crippen LogP contribution in [0.15, 0.2) is 12.2 Å². The third-order valence-corrected chi connectivity index (χ3v) is 28.3. The second-order valence-electron chi connectivity index (χ2n) is 39.8. The summed E-state index contributed by atoms with van der Waals surface area (Å²) in [7, 11) is 0. The van der Waals surface area contributed by atoms with E-state index in [0.29, 0.717) is 12.8 Å². The van der Waals surface area contributed by atoms with Gasteiger partial charge in [-0.25, -0.2) is 4.79 Å². The van der Waals surface area contributed by atoms with E-state index in [9.17, 15) is 147 Å². The number of aliphatic hydroxyl groups excluding tert-OH is 23. The minimum atomic E-state index is -3.35. The molecule has 8 aliphatic heterocycles. The average molecular weight is 2110 g/mol. The van der Waals surface area contributed by atoms with Gasteiger partial charge in [-0.1, -0.05) is 206 Å². The van der Waals surface area contributed by atoms with Gasteiger partial charge in [0.1, 0.15) is 183 Å². The van der Waals surface area contributed by atoms with Gasteiger partial charge >= 0.3 is 5.97 Å². The minimum absolute atomic E-state index is 0.103. The number of carboxylic acids is 1. The summed E-state index contributed by atoms with van der Waals surface area (Å²) in [6.45, 7) is -0.487. The number of allylic oxidation sites excluding steroid dienone is 1. The lowest BCUT2D eigenvalue weighted by Gasteiger charge is -2.53. The first-order chi connectivity index (χ1) is 69.8. The monoisotopic (exact) mass is 2110 g/mol. The molecule has 49 heteroatoms. The standard InChI is InChI=1S/C97H172N4O45/c1-7-9-11-13-15-17-19-21-22-23-24-25-26-28-30-32-34-36-38-40-64(115)101-54(55(112)39-37-35-33-31-29-27-20-18-16-14-12-10-8-2)49-131-91-77(125)75(123)81(61(46-106)137-91)139-95-80(128)88(83(63(48-108)138-95)140-89-66(99-52(5)110)73(121)70(118)58(43-103)133-89)144-93-78(126)86(71(119)59(44-104)134-93)143-90-67(100-53(6)111)85(142-92-76(124)74(122)68(116)50(3)132-92)82(62(47-107)136-90)141-94-79(127)87(72(120)60(45-105)135-94)146-97(96(129)130)41-56(113)65(98-51(4)109)84(145-97)69(117)57(114)42-102/h37,39,50,54-63,65-95,102-108,112-114,116-128H,7-36,38,40-49H2,1-6H3,(H,98,109)(H,99,110)(H,100,111)(H,101,115)(H,129,130)/b39-37+/t50?,54-,55+,56?,57+,58?,59?,60?,61?,62?,63?,65+,66?,67?,68+,69+,70-,71-,72-,73+,74?,75+,76-,77?,78?,79?,80?,81+,82+,83-,84?,85+,86-,87-,88+,89-,90-,91+,92+,93+,94-,95-,97-/m0/s1. The van der Waals surface area contributed by atoms with E-state index in [-0.39, 0.29) is 6.42 Å². The van der Waals surface area contributed by atoms with Gasteiger partial charge < -0.3 is 220 Å². The number of nitrogens with one attached hydrogen (secondary N) is 4. The topological polar surface area (TPSA) is 767 Å². The van der Waals surface area contributed by atoms with Gasteiger partial charge in [0.15, 0.2) is 44.0 Å². The second-order valence-corrected chi connectivity index (χ2v) is 39.8. The summed E-state index contributed by atoms with van der Waals surface area (Å²) < 4.78 is 97.9. The van der Waals surface area contributed by atoms with E-state index in [1.165, 1.54) is 135 Å². The molecule has 0 aromatic heterocycles. The zero-order valence-electron chi connectivity index (χ0n) is 84.7. The van der Waals surface area contributed by atoms with Crippen LogP contribution >= 0.6 is 0 Å². The summed E-state index contributed by atoms with van der Waals surface area (Å²) in [4.78, 5) is 66.4. The highest BCUT2D eigenvalue weighted by atomic mass is 16.8. The van der Waals surface area contributed by atoms with Gasteiger partial charge in [0, 0.05) is 33.6 Å². The quantitative estimate of drug-likeness (QED) is 0.0201. The molecule has 0 spiro atoms. The number of rotatable bonds is 65. The Morgan fingerprint density at radius 1 is 0.370 bits per heavy atom. The average Bonchev–Trinajstić information content (AvgIpc) is 0.749. The summed E-state index contributed by atoms with van der Waals surface area (Å²) in [5, 5.41) is 285. The predicted molar refractivity (Wildman–Crippen MR) is 505 cm³/mol. The summed E-state index contributed by atoms with van der Waals surface area (Å²) >= 11 is 0. The van der Waals surface area contributed by atoms with Gasteiger partial charge in [0.2, 0.25) is 23.6 Å². The number of carboxylic acid groups (broad SMARTS) is 1. The molecule has 4 amide bonds. The largest absolute Gasteiger partial charge is 0.477 e. The first kappa shape index (κ1) is 127. The first-order valence-corrected chi connectivity index (χ1v) is 52.5. The van der Waals surface area contributed by atoms with Gasteiger partial charge in [-0.05, 0) is 26.2 Å². The number of hydrogen-bond donors (Lipinski definition) is 28. The molecule has 0 bridgehead atoms. The predicted octanol–water partition coefficient (Wildman–Crippen LogP) is -4.84. The van der Waals surface area contributed by atoms with Crippen molar-refractivity contribution in [3.63, 3.8) is 0 Å². The first-order valence-electron chi connectivity index (χ1n) is 52.5. The van der Waals surface area contributed by atoms with Crippen LogP contribution in [0.25, 0.3) is 0 Å². The third kappa shape index (κ3) is 36.3. The molecule has 49 nitrogen and oxygen atoms in total. The Balaban J connectivity index is 1.05. The lowest BCUT2D eigenvalue weighted by atomic mass is 9.88. The number of carbonyl (C=O) groups excluding carboxylic acids is 4. The van der Waals surface area contributed by atoms with Crippen LogP contribution < -0.4 is 21.3 Å². The van der Waals surface area contributed by atoms with Gasteiger partial charge in [-0.2, -0.15) is 0 Å². The van der Waals surface area contributed by atoms with Crippen molar-refractivity contribution < 1.29 is 222 Å². The molecule has 0 saturated carbocycles. The molecule has 0 radical (unpaired) electrons. The van der Waals surface area contributed by atoms with E-state index in [4.69, 9.17) is 75.8 Å². The van der Waals surface area contributed by atoms with Crippen LogP contribution in [0.3, 0.4) is 0 Å². The Bertz CT molecular complexity index is 3700. The van der Waals surface area contributed by atoms with E-state index < -0.39 is 352 Å². The summed E-state index contributed by atoms with van der Waals surface area (Å²) in [6, 6.07) is -6.91. The Labute approximate surface area is 851 Å². The van der Waals surface area contributed by atoms with Crippen LogP contribution in [0, 0.1) is 0 Å². The Morgan fingerprint density at radius 2 is 0.740 bits per heavy atom. The van der Waals surface area contributed by atoms with Crippen molar-refractivity contribution >= 4 is 29.6 Å². The van der Waals surface area contributed by atoms with Crippen LogP contribution in [0.5, 0.6) is 0 Å². The molecule has 8 aliphatic rings. The smallest absolute Gasteiger partial charge is 0.364 e. The molecule has 28 N–H and O–H groups in total. The molecule has 8 fully saturated rings. The maximum atomic E-state index is 13.8. The number of hydrogen-bond acceptors (Lipinski definition) is 44. The molecular weight excluding hydrogens is 1940 g/mol. The zero-order valence-corrected chi connectivity index (χ0v) is 84.7. The fourth-order valence-electron chi connectivity index (χ4n) is 19.8. The van der Waals surface area contributed by atoms with E-state index in [2.05, 4.69) is 35.1 Å². The summed E-state index contributed by atoms with van der Waals surface area (Å²) in [5.41, 5.74) is 0. The normalized spacial score (nSPS) is 38.1. The highest BCUT2D eigenvalue weighted by molar-refractivity contribution is 5.77.